The molecule has 22 heavy (non-hydrogen) atoms. The number of aryl methyl sites for hydroxylation is 2. The molecule has 0 aliphatic heterocycles. The Bertz CT molecular complexity index is 663. The van der Waals surface area contributed by atoms with Crippen molar-refractivity contribution in [2.24, 2.45) is 0 Å². The summed E-state index contributed by atoms with van der Waals surface area (Å²) in [4.78, 5) is 10.7. The Balaban J connectivity index is 2.12. The first kappa shape index (κ1) is 16.0. The Labute approximate surface area is 129 Å². The van der Waals surface area contributed by atoms with Gasteiger partial charge in [0.2, 0.25) is 0 Å². The van der Waals surface area contributed by atoms with Crippen LogP contribution < -0.4 is 5.32 Å². The van der Waals surface area contributed by atoms with Crippen LogP contribution in [0.4, 0.5) is 11.4 Å². The number of aliphatic hydroxyl groups is 1. The summed E-state index contributed by atoms with van der Waals surface area (Å²) in [5, 5.41) is 23.4. The minimum absolute atomic E-state index is 0.0266. The number of nitrogens with one attached hydrogen (secondary N) is 1. The van der Waals surface area contributed by atoms with Crippen molar-refractivity contribution in [2.75, 3.05) is 11.9 Å². The minimum Gasteiger partial charge on any atom is -0.392 e. The van der Waals surface area contributed by atoms with Crippen LogP contribution in [-0.4, -0.2) is 16.6 Å². The van der Waals surface area contributed by atoms with Crippen molar-refractivity contribution in [3.05, 3.63) is 68.8 Å². The van der Waals surface area contributed by atoms with Crippen LogP contribution in [-0.2, 0) is 13.0 Å². The molecule has 0 heterocycles. The molecule has 5 nitrogen and oxygen atoms in total. The molecule has 0 saturated carbocycles. The van der Waals surface area contributed by atoms with E-state index >= 15 is 0 Å². The highest BCUT2D eigenvalue weighted by Crippen LogP contribution is 2.25. The average molecular weight is 300 g/mol. The third-order valence-corrected chi connectivity index (χ3v) is 3.78. The molecular weight excluding hydrogens is 280 g/mol. The summed E-state index contributed by atoms with van der Waals surface area (Å²) in [6.07, 6.45) is 0.791. The number of benzene rings is 2. The molecule has 0 amide bonds. The third-order valence-electron chi connectivity index (χ3n) is 3.78. The van der Waals surface area contributed by atoms with E-state index in [1.165, 1.54) is 22.8 Å². The molecule has 2 aromatic carbocycles. The van der Waals surface area contributed by atoms with Crippen LogP contribution in [0.15, 0.2) is 36.4 Å². The molecule has 0 aliphatic rings. The Morgan fingerprint density at radius 2 is 1.86 bits per heavy atom. The van der Waals surface area contributed by atoms with Crippen molar-refractivity contribution in [2.45, 2.75) is 26.9 Å². The number of nitrogens with zero attached hydrogens (tertiary/aromatic N) is 1. The second-order valence-corrected chi connectivity index (χ2v) is 5.31. The zero-order chi connectivity index (χ0) is 16.1. The molecule has 0 spiro atoms. The van der Waals surface area contributed by atoms with Gasteiger partial charge >= 0.3 is 0 Å². The lowest BCUT2D eigenvalue weighted by Crippen LogP contribution is -2.09. The molecule has 0 radical (unpaired) electrons. The number of nitro groups is 1. The van der Waals surface area contributed by atoms with E-state index in [0.717, 1.165) is 6.42 Å². The highest BCUT2D eigenvalue weighted by Gasteiger charge is 2.14. The molecule has 0 unspecified atom stereocenters. The Morgan fingerprint density at radius 1 is 1.18 bits per heavy atom. The molecule has 0 bridgehead atoms. The van der Waals surface area contributed by atoms with Gasteiger partial charge in [-0.1, -0.05) is 18.2 Å². The molecule has 116 valence electrons. The summed E-state index contributed by atoms with van der Waals surface area (Å²) < 4.78 is 0. The average Bonchev–Trinajstić information content (AvgIpc) is 2.49. The largest absolute Gasteiger partial charge is 0.392 e. The first-order valence-corrected chi connectivity index (χ1v) is 7.20. The topological polar surface area (TPSA) is 75.4 Å². The van der Waals surface area contributed by atoms with E-state index in [1.54, 1.807) is 12.1 Å². The van der Waals surface area contributed by atoms with Crippen molar-refractivity contribution in [1.82, 2.24) is 0 Å². The standard InChI is InChI=1S/C17H20N2O3/c1-12-4-3-5-13(2)15(12)8-9-18-16-10-14(11-20)6-7-17(16)19(21)22/h3-7,10,18,20H,8-9,11H2,1-2H3. The Morgan fingerprint density at radius 3 is 2.45 bits per heavy atom. The molecule has 5 heteroatoms. The van der Waals surface area contributed by atoms with Gasteiger partial charge in [-0.05, 0) is 54.7 Å². The van der Waals surface area contributed by atoms with Crippen LogP contribution in [0.1, 0.15) is 22.3 Å². The van der Waals surface area contributed by atoms with E-state index in [2.05, 4.69) is 31.3 Å². The van der Waals surface area contributed by atoms with Gasteiger partial charge in [-0.25, -0.2) is 0 Å². The number of nitro benzene ring substituents is 1. The number of hydrogen-bond donors (Lipinski definition) is 2. The monoisotopic (exact) mass is 300 g/mol. The van der Waals surface area contributed by atoms with Gasteiger partial charge < -0.3 is 10.4 Å². The van der Waals surface area contributed by atoms with Gasteiger partial charge in [-0.15, -0.1) is 0 Å². The number of aliphatic hydroxyl groups excluding tert-OH is 1. The smallest absolute Gasteiger partial charge is 0.292 e. The maximum Gasteiger partial charge on any atom is 0.292 e. The van der Waals surface area contributed by atoms with E-state index in [9.17, 15) is 15.2 Å². The lowest BCUT2D eigenvalue weighted by atomic mass is 10.00. The molecular formula is C17H20N2O3. The van der Waals surface area contributed by atoms with Crippen molar-refractivity contribution in [3.8, 4) is 0 Å². The normalized spacial score (nSPS) is 10.5. The molecule has 2 rings (SSSR count). The van der Waals surface area contributed by atoms with Crippen molar-refractivity contribution >= 4 is 11.4 Å². The second-order valence-electron chi connectivity index (χ2n) is 5.31. The van der Waals surface area contributed by atoms with Crippen molar-refractivity contribution in [1.29, 1.82) is 0 Å². The van der Waals surface area contributed by atoms with Gasteiger partial charge in [0.1, 0.15) is 5.69 Å². The number of anilines is 1. The van der Waals surface area contributed by atoms with Crippen molar-refractivity contribution in [3.63, 3.8) is 0 Å². The van der Waals surface area contributed by atoms with Gasteiger partial charge in [0.25, 0.3) is 5.69 Å². The van der Waals surface area contributed by atoms with Gasteiger partial charge in [-0.2, -0.15) is 0 Å². The predicted octanol–water partition coefficient (Wildman–Crippen LogP) is 3.36. The molecule has 0 aromatic heterocycles. The molecule has 0 fully saturated rings. The maximum atomic E-state index is 11.1. The summed E-state index contributed by atoms with van der Waals surface area (Å²) in [6, 6.07) is 10.8. The number of rotatable bonds is 6. The lowest BCUT2D eigenvalue weighted by molar-refractivity contribution is -0.384. The summed E-state index contributed by atoms with van der Waals surface area (Å²) in [6.45, 7) is 4.60. The Hall–Kier alpha value is -2.40. The fourth-order valence-corrected chi connectivity index (χ4v) is 2.55. The van der Waals surface area contributed by atoms with E-state index in [0.29, 0.717) is 17.8 Å². The van der Waals surface area contributed by atoms with Crippen LogP contribution in [0, 0.1) is 24.0 Å². The summed E-state index contributed by atoms with van der Waals surface area (Å²) in [5.41, 5.74) is 4.83. The summed E-state index contributed by atoms with van der Waals surface area (Å²) in [7, 11) is 0. The second kappa shape index (κ2) is 7.04. The lowest BCUT2D eigenvalue weighted by Gasteiger charge is -2.12. The fourth-order valence-electron chi connectivity index (χ4n) is 2.55. The van der Waals surface area contributed by atoms with E-state index < -0.39 is 4.92 Å². The number of hydrogen-bond acceptors (Lipinski definition) is 4. The van der Waals surface area contributed by atoms with E-state index in [1.807, 2.05) is 6.07 Å². The van der Waals surface area contributed by atoms with Gasteiger partial charge in [-0.3, -0.25) is 10.1 Å². The predicted molar refractivity (Wildman–Crippen MR) is 87.1 cm³/mol. The van der Waals surface area contributed by atoms with E-state index in [-0.39, 0.29) is 12.3 Å². The van der Waals surface area contributed by atoms with Crippen LogP contribution in [0.5, 0.6) is 0 Å². The molecule has 2 aromatic rings. The Kier molecular flexibility index (Phi) is 5.12. The summed E-state index contributed by atoms with van der Waals surface area (Å²) >= 11 is 0. The minimum atomic E-state index is -0.414. The van der Waals surface area contributed by atoms with Crippen LogP contribution in [0.2, 0.25) is 0 Å². The van der Waals surface area contributed by atoms with Gasteiger partial charge in [0.15, 0.2) is 0 Å². The van der Waals surface area contributed by atoms with Crippen molar-refractivity contribution < 1.29 is 10.0 Å². The molecule has 0 atom stereocenters. The molecule has 2 N–H and O–H groups in total. The third kappa shape index (κ3) is 3.62. The van der Waals surface area contributed by atoms with Gasteiger partial charge in [0.05, 0.1) is 11.5 Å². The highest BCUT2D eigenvalue weighted by atomic mass is 16.6. The molecule has 0 aliphatic carbocycles. The van der Waals surface area contributed by atoms with Crippen LogP contribution in [0.3, 0.4) is 0 Å². The maximum absolute atomic E-state index is 11.1. The highest BCUT2D eigenvalue weighted by molar-refractivity contribution is 5.62. The zero-order valence-corrected chi connectivity index (χ0v) is 12.8. The molecule has 0 saturated heterocycles. The quantitative estimate of drug-likeness (QED) is 0.633. The first-order valence-electron chi connectivity index (χ1n) is 7.20. The fraction of sp³-hybridized carbons (Fsp3) is 0.294. The first-order chi connectivity index (χ1) is 10.5. The SMILES string of the molecule is Cc1cccc(C)c1CCNc1cc(CO)ccc1[N+](=O)[O-]. The van der Waals surface area contributed by atoms with Crippen LogP contribution in [0.25, 0.3) is 0 Å². The van der Waals surface area contributed by atoms with E-state index in [4.69, 9.17) is 0 Å². The zero-order valence-electron chi connectivity index (χ0n) is 12.8. The van der Waals surface area contributed by atoms with Gasteiger partial charge in [0, 0.05) is 12.6 Å². The van der Waals surface area contributed by atoms with Crippen LogP contribution >= 0.6 is 0 Å². The summed E-state index contributed by atoms with van der Waals surface area (Å²) in [5.74, 6) is 0.